The van der Waals surface area contributed by atoms with Crippen LogP contribution in [0.25, 0.3) is 0 Å². The molecule has 2 aliphatic rings. The van der Waals surface area contributed by atoms with Crippen molar-refractivity contribution < 1.29 is 27.0 Å². The summed E-state index contributed by atoms with van der Waals surface area (Å²) >= 11 is 0. The van der Waals surface area contributed by atoms with Crippen molar-refractivity contribution in [2.24, 2.45) is 5.92 Å². The van der Waals surface area contributed by atoms with Crippen molar-refractivity contribution in [2.75, 3.05) is 26.5 Å². The maximum atomic E-state index is 13.5. The molecular formula is C26H26FNO5S. The summed E-state index contributed by atoms with van der Waals surface area (Å²) in [7, 11) is -3.49. The molecule has 34 heavy (non-hydrogen) atoms. The number of piperidine rings is 1. The molecule has 0 radical (unpaired) electrons. The Morgan fingerprint density at radius 2 is 1.74 bits per heavy atom. The van der Waals surface area contributed by atoms with E-state index in [-0.39, 0.29) is 30.2 Å². The van der Waals surface area contributed by atoms with E-state index < -0.39 is 10.0 Å². The molecule has 0 bridgehead atoms. The fourth-order valence-electron chi connectivity index (χ4n) is 4.62. The van der Waals surface area contributed by atoms with Crippen molar-refractivity contribution in [3.8, 4) is 17.2 Å². The van der Waals surface area contributed by atoms with E-state index in [4.69, 9.17) is 14.2 Å². The first-order valence-electron chi connectivity index (χ1n) is 11.3. The maximum Gasteiger partial charge on any atom is 0.231 e. The number of sulfonamides is 1. The highest BCUT2D eigenvalue weighted by Gasteiger charge is 2.36. The van der Waals surface area contributed by atoms with Crippen molar-refractivity contribution >= 4 is 10.0 Å². The van der Waals surface area contributed by atoms with Gasteiger partial charge in [-0.2, -0.15) is 0 Å². The number of rotatable bonds is 7. The van der Waals surface area contributed by atoms with Gasteiger partial charge in [-0.25, -0.2) is 17.1 Å². The molecule has 2 heterocycles. The van der Waals surface area contributed by atoms with Crippen LogP contribution in [0, 0.1) is 11.7 Å². The highest BCUT2D eigenvalue weighted by Crippen LogP contribution is 2.37. The third-order valence-electron chi connectivity index (χ3n) is 6.39. The van der Waals surface area contributed by atoms with E-state index in [9.17, 15) is 12.8 Å². The molecule has 3 aromatic carbocycles. The molecule has 0 spiro atoms. The highest BCUT2D eigenvalue weighted by molar-refractivity contribution is 7.88. The van der Waals surface area contributed by atoms with Crippen LogP contribution in [-0.4, -0.2) is 39.2 Å². The van der Waals surface area contributed by atoms with Gasteiger partial charge in [0.25, 0.3) is 0 Å². The topological polar surface area (TPSA) is 65.1 Å². The minimum Gasteiger partial charge on any atom is -0.493 e. The van der Waals surface area contributed by atoms with Crippen LogP contribution in [0.5, 0.6) is 17.2 Å². The van der Waals surface area contributed by atoms with E-state index >= 15 is 0 Å². The quantitative estimate of drug-likeness (QED) is 0.493. The van der Waals surface area contributed by atoms with Crippen molar-refractivity contribution in [2.45, 2.75) is 18.1 Å². The monoisotopic (exact) mass is 483 g/mol. The van der Waals surface area contributed by atoms with Gasteiger partial charge in [0.2, 0.25) is 16.8 Å². The Hall–Kier alpha value is -3.10. The molecule has 2 atom stereocenters. The minimum absolute atomic E-state index is 0.0369. The summed E-state index contributed by atoms with van der Waals surface area (Å²) in [5.74, 6) is 1.56. The molecule has 5 rings (SSSR count). The summed E-state index contributed by atoms with van der Waals surface area (Å²) in [5, 5.41) is 0. The number of benzene rings is 3. The molecule has 1 fully saturated rings. The molecule has 3 aromatic rings. The van der Waals surface area contributed by atoms with Gasteiger partial charge >= 0.3 is 0 Å². The van der Waals surface area contributed by atoms with Gasteiger partial charge in [0.05, 0.1) is 12.4 Å². The van der Waals surface area contributed by atoms with Crippen molar-refractivity contribution in [1.29, 1.82) is 0 Å². The van der Waals surface area contributed by atoms with Crippen LogP contribution in [0.3, 0.4) is 0 Å². The zero-order valence-corrected chi connectivity index (χ0v) is 19.4. The van der Waals surface area contributed by atoms with E-state index in [1.54, 1.807) is 28.6 Å². The van der Waals surface area contributed by atoms with E-state index in [1.165, 1.54) is 12.1 Å². The molecule has 0 N–H and O–H groups in total. The van der Waals surface area contributed by atoms with Crippen LogP contribution < -0.4 is 14.2 Å². The first kappa shape index (κ1) is 22.7. The zero-order valence-electron chi connectivity index (χ0n) is 18.6. The first-order chi connectivity index (χ1) is 16.5. The molecule has 0 amide bonds. The van der Waals surface area contributed by atoms with E-state index in [2.05, 4.69) is 0 Å². The minimum atomic E-state index is -3.49. The summed E-state index contributed by atoms with van der Waals surface area (Å²) in [6, 6.07) is 21.0. The van der Waals surface area contributed by atoms with Gasteiger partial charge in [-0.05, 0) is 47.7 Å². The van der Waals surface area contributed by atoms with Gasteiger partial charge in [0.1, 0.15) is 11.6 Å². The Morgan fingerprint density at radius 3 is 2.53 bits per heavy atom. The Balaban J connectivity index is 1.34. The average Bonchev–Trinajstić information content (AvgIpc) is 3.31. The zero-order chi connectivity index (χ0) is 23.5. The number of hydrogen-bond donors (Lipinski definition) is 0. The van der Waals surface area contributed by atoms with Crippen LogP contribution >= 0.6 is 0 Å². The summed E-state index contributed by atoms with van der Waals surface area (Å²) in [5.41, 5.74) is 1.75. The third-order valence-corrected chi connectivity index (χ3v) is 8.20. The number of hydrogen-bond acceptors (Lipinski definition) is 5. The summed E-state index contributed by atoms with van der Waals surface area (Å²) in [6.07, 6.45) is 0.634. The molecule has 0 aromatic heterocycles. The summed E-state index contributed by atoms with van der Waals surface area (Å²) < 4.78 is 58.3. The highest BCUT2D eigenvalue weighted by atomic mass is 32.2. The van der Waals surface area contributed by atoms with Crippen LogP contribution in [-0.2, 0) is 15.8 Å². The second-order valence-electron chi connectivity index (χ2n) is 8.63. The van der Waals surface area contributed by atoms with E-state index in [1.807, 2.05) is 36.4 Å². The molecular weight excluding hydrogens is 457 g/mol. The maximum absolute atomic E-state index is 13.5. The fourth-order valence-corrected chi connectivity index (χ4v) is 6.21. The third kappa shape index (κ3) is 5.03. The first-order valence-corrected chi connectivity index (χ1v) is 12.9. The molecule has 178 valence electrons. The summed E-state index contributed by atoms with van der Waals surface area (Å²) in [4.78, 5) is 0. The molecule has 6 nitrogen and oxygen atoms in total. The number of halogens is 1. The van der Waals surface area contributed by atoms with E-state index in [0.29, 0.717) is 43.4 Å². The summed E-state index contributed by atoms with van der Waals surface area (Å²) in [6.45, 7) is 1.25. The Kier molecular flexibility index (Phi) is 6.43. The van der Waals surface area contributed by atoms with Gasteiger partial charge in [-0.3, -0.25) is 0 Å². The van der Waals surface area contributed by atoms with Crippen molar-refractivity contribution in [3.05, 3.63) is 89.7 Å². The standard InChI is InChI=1S/C26H26FNO5S/c27-22-8-6-20(7-9-22)24-12-13-28(34(29,30)17-19-4-2-1-3-5-19)15-21(24)16-31-23-10-11-25-26(14-23)33-18-32-25/h1-11,14,21,24H,12-13,15-18H2. The Labute approximate surface area is 198 Å². The fraction of sp³-hybridized carbons (Fsp3) is 0.308. The van der Waals surface area contributed by atoms with Gasteiger partial charge in [-0.15, -0.1) is 0 Å². The van der Waals surface area contributed by atoms with Gasteiger partial charge < -0.3 is 14.2 Å². The Bertz CT molecular complexity index is 1230. The molecule has 8 heteroatoms. The lowest BCUT2D eigenvalue weighted by Gasteiger charge is -2.38. The van der Waals surface area contributed by atoms with Crippen molar-refractivity contribution in [1.82, 2.24) is 4.31 Å². The van der Waals surface area contributed by atoms with Crippen LogP contribution in [0.2, 0.25) is 0 Å². The van der Waals surface area contributed by atoms with E-state index in [0.717, 1.165) is 11.1 Å². The van der Waals surface area contributed by atoms with Gasteiger partial charge in [0, 0.05) is 25.1 Å². The van der Waals surface area contributed by atoms with Gasteiger partial charge in [0.15, 0.2) is 11.5 Å². The SMILES string of the molecule is O=S(=O)(Cc1ccccc1)N1CCC(c2ccc(F)cc2)C(COc2ccc3c(c2)OCO3)C1. The van der Waals surface area contributed by atoms with Crippen LogP contribution in [0.4, 0.5) is 4.39 Å². The number of ether oxygens (including phenoxy) is 3. The van der Waals surface area contributed by atoms with Crippen LogP contribution in [0.1, 0.15) is 23.5 Å². The van der Waals surface area contributed by atoms with Crippen LogP contribution in [0.15, 0.2) is 72.8 Å². The average molecular weight is 484 g/mol. The predicted molar refractivity (Wildman–Crippen MR) is 126 cm³/mol. The molecule has 1 saturated heterocycles. The predicted octanol–water partition coefficient (Wildman–Crippen LogP) is 4.57. The lowest BCUT2D eigenvalue weighted by atomic mass is 9.81. The Morgan fingerprint density at radius 1 is 0.971 bits per heavy atom. The number of fused-ring (bicyclic) bond motifs is 1. The second kappa shape index (κ2) is 9.64. The smallest absolute Gasteiger partial charge is 0.231 e. The lowest BCUT2D eigenvalue weighted by Crippen LogP contribution is -2.45. The number of nitrogens with zero attached hydrogens (tertiary/aromatic N) is 1. The van der Waals surface area contributed by atoms with Crippen molar-refractivity contribution in [3.63, 3.8) is 0 Å². The molecule has 0 saturated carbocycles. The molecule has 2 aliphatic heterocycles. The van der Waals surface area contributed by atoms with Gasteiger partial charge in [-0.1, -0.05) is 42.5 Å². The molecule has 0 aliphatic carbocycles. The normalized spacial score (nSPS) is 20.3. The molecule has 2 unspecified atom stereocenters. The second-order valence-corrected chi connectivity index (χ2v) is 10.6. The largest absolute Gasteiger partial charge is 0.493 e. The lowest BCUT2D eigenvalue weighted by molar-refractivity contribution is 0.157.